The Hall–Kier alpha value is -1.47. The van der Waals surface area contributed by atoms with Crippen molar-refractivity contribution in [2.24, 2.45) is 0 Å². The van der Waals surface area contributed by atoms with Crippen LogP contribution in [0.4, 0.5) is 0 Å². The van der Waals surface area contributed by atoms with Crippen molar-refractivity contribution in [1.29, 1.82) is 0 Å². The predicted molar refractivity (Wildman–Crippen MR) is 231 cm³/mol. The number of allylic oxidation sites excluding steroid dienone is 1. The molecule has 17 unspecified atom stereocenters. The van der Waals surface area contributed by atoms with Crippen molar-refractivity contribution in [3.05, 3.63) is 12.2 Å². The number of hydrogen-bond acceptors (Lipinski definition) is 18. The summed E-state index contributed by atoms with van der Waals surface area (Å²) in [5.41, 5.74) is 0. The average molecular weight is 926 g/mol. The van der Waals surface area contributed by atoms with Crippen LogP contribution in [0.25, 0.3) is 0 Å². The highest BCUT2D eigenvalue weighted by Gasteiger charge is 2.53. The molecule has 0 aromatic heterocycles. The largest absolute Gasteiger partial charge is 0.394 e. The van der Waals surface area contributed by atoms with Gasteiger partial charge in [-0.15, -0.1) is 0 Å². The number of unbranched alkanes of at least 4 members (excludes halogenated alkanes) is 16. The zero-order valence-corrected chi connectivity index (χ0v) is 38.0. The van der Waals surface area contributed by atoms with E-state index in [1.54, 1.807) is 6.08 Å². The molecule has 19 nitrogen and oxygen atoms in total. The average Bonchev–Trinajstić information content (AvgIpc) is 3.29. The lowest BCUT2D eigenvalue weighted by Crippen LogP contribution is -2.66. The molecule has 12 N–H and O–H groups in total. The Morgan fingerprint density at radius 2 is 0.969 bits per heavy atom. The number of hydrogen-bond donors (Lipinski definition) is 12. The summed E-state index contributed by atoms with van der Waals surface area (Å²) in [6, 6.07) is -0.962. The Morgan fingerprint density at radius 1 is 0.547 bits per heavy atom. The van der Waals surface area contributed by atoms with Gasteiger partial charge in [0, 0.05) is 6.42 Å². The third-order valence-electron chi connectivity index (χ3n) is 12.3. The predicted octanol–water partition coefficient (Wildman–Crippen LogP) is 0.305. The molecule has 17 atom stereocenters. The van der Waals surface area contributed by atoms with E-state index in [0.717, 1.165) is 44.9 Å². The van der Waals surface area contributed by atoms with Crippen molar-refractivity contribution in [2.75, 3.05) is 26.4 Å². The summed E-state index contributed by atoms with van der Waals surface area (Å²) in [6.45, 7) is 1.61. The van der Waals surface area contributed by atoms with E-state index in [-0.39, 0.29) is 18.9 Å². The van der Waals surface area contributed by atoms with Gasteiger partial charge in [-0.3, -0.25) is 4.79 Å². The number of carbonyl (C=O) groups is 1. The van der Waals surface area contributed by atoms with Crippen molar-refractivity contribution in [3.63, 3.8) is 0 Å². The summed E-state index contributed by atoms with van der Waals surface area (Å²) >= 11 is 0. The normalized spacial score (nSPS) is 34.5. The molecule has 0 radical (unpaired) electrons. The molecular weight excluding hydrogens is 842 g/mol. The van der Waals surface area contributed by atoms with Crippen LogP contribution in [0.5, 0.6) is 0 Å². The fourth-order valence-electron chi connectivity index (χ4n) is 8.25. The lowest BCUT2D eigenvalue weighted by molar-refractivity contribution is -0.379. The molecule has 0 saturated carbocycles. The van der Waals surface area contributed by atoms with E-state index in [2.05, 4.69) is 19.2 Å². The molecule has 3 rings (SSSR count). The standard InChI is InChI=1S/C45H83NO18/c1-3-5-7-9-11-13-15-16-18-20-22-29(50)28(46-33(51)23-21-19-17-14-12-10-8-6-4-2)27-59-43-39(57)36(54)41(31(25-48)61-43)64-45-40(58)37(55)42(32(26-49)62-45)63-44-38(56)35(53)34(52)30(24-47)60-44/h20,22,28-32,34-45,47-50,52-58H,3-19,21,23-27H2,1-2H3,(H,46,51)/b22-20+. The molecule has 64 heavy (non-hydrogen) atoms. The second kappa shape index (κ2) is 31.6. The van der Waals surface area contributed by atoms with E-state index in [1.165, 1.54) is 64.2 Å². The van der Waals surface area contributed by atoms with Gasteiger partial charge >= 0.3 is 0 Å². The number of nitrogens with one attached hydrogen (secondary N) is 1. The van der Waals surface area contributed by atoms with E-state index in [4.69, 9.17) is 28.4 Å². The summed E-state index contributed by atoms with van der Waals surface area (Å²) in [5.74, 6) is -0.283. The number of aliphatic hydroxyl groups is 11. The third kappa shape index (κ3) is 18.2. The smallest absolute Gasteiger partial charge is 0.220 e. The van der Waals surface area contributed by atoms with Crippen molar-refractivity contribution in [2.45, 2.75) is 240 Å². The highest BCUT2D eigenvalue weighted by atomic mass is 16.8. The summed E-state index contributed by atoms with van der Waals surface area (Å²) in [5, 5.41) is 119. The summed E-state index contributed by atoms with van der Waals surface area (Å²) in [7, 11) is 0. The van der Waals surface area contributed by atoms with Crippen LogP contribution in [-0.2, 0) is 33.2 Å². The van der Waals surface area contributed by atoms with Gasteiger partial charge in [0.1, 0.15) is 73.2 Å². The van der Waals surface area contributed by atoms with E-state index in [0.29, 0.717) is 6.42 Å². The highest BCUT2D eigenvalue weighted by molar-refractivity contribution is 5.76. The third-order valence-corrected chi connectivity index (χ3v) is 12.3. The Morgan fingerprint density at radius 3 is 1.47 bits per heavy atom. The number of rotatable bonds is 32. The van der Waals surface area contributed by atoms with E-state index < -0.39 is 124 Å². The van der Waals surface area contributed by atoms with Crippen LogP contribution in [0.15, 0.2) is 12.2 Å². The molecule has 0 bridgehead atoms. The van der Waals surface area contributed by atoms with Crippen LogP contribution in [-0.4, -0.2) is 193 Å². The molecule has 1 amide bonds. The first kappa shape index (κ1) is 56.9. The number of carbonyl (C=O) groups excluding carboxylic acids is 1. The van der Waals surface area contributed by atoms with E-state index in [9.17, 15) is 61.0 Å². The Labute approximate surface area is 378 Å². The van der Waals surface area contributed by atoms with Crippen LogP contribution in [0.3, 0.4) is 0 Å². The molecule has 3 aliphatic heterocycles. The SMILES string of the molecule is CCCCCCCCCC/C=C/C(O)C(COC1OC(CO)C(OC2OC(CO)C(OC3OC(CO)C(O)C(O)C3O)C(O)C2O)C(O)C1O)NC(=O)CCCCCCCCCCC. The van der Waals surface area contributed by atoms with Crippen LogP contribution >= 0.6 is 0 Å². The summed E-state index contributed by atoms with van der Waals surface area (Å²) in [4.78, 5) is 13.1. The molecule has 3 fully saturated rings. The topological polar surface area (TPSA) is 307 Å². The summed E-state index contributed by atoms with van der Waals surface area (Å²) < 4.78 is 34.0. The van der Waals surface area contributed by atoms with Gasteiger partial charge in [0.2, 0.25) is 5.91 Å². The van der Waals surface area contributed by atoms with Gasteiger partial charge in [-0.1, -0.05) is 122 Å². The molecule has 0 aliphatic carbocycles. The minimum atomic E-state index is -1.97. The van der Waals surface area contributed by atoms with Crippen molar-refractivity contribution in [1.82, 2.24) is 5.32 Å². The van der Waals surface area contributed by atoms with Crippen LogP contribution < -0.4 is 5.32 Å². The van der Waals surface area contributed by atoms with Gasteiger partial charge in [0.15, 0.2) is 18.9 Å². The minimum absolute atomic E-state index is 0.245. The van der Waals surface area contributed by atoms with Crippen molar-refractivity contribution >= 4 is 5.91 Å². The molecule has 376 valence electrons. The number of amides is 1. The molecule has 3 aliphatic rings. The van der Waals surface area contributed by atoms with Crippen molar-refractivity contribution in [3.8, 4) is 0 Å². The first-order valence-corrected chi connectivity index (χ1v) is 23.9. The first-order chi connectivity index (χ1) is 30.8. The Balaban J connectivity index is 1.60. The van der Waals surface area contributed by atoms with Crippen LogP contribution in [0.2, 0.25) is 0 Å². The lowest BCUT2D eigenvalue weighted by atomic mass is 9.96. The maximum atomic E-state index is 13.1. The molecule has 19 heteroatoms. The maximum Gasteiger partial charge on any atom is 0.220 e. The second-order valence-electron chi connectivity index (χ2n) is 17.6. The monoisotopic (exact) mass is 926 g/mol. The number of aliphatic hydroxyl groups excluding tert-OH is 11. The first-order valence-electron chi connectivity index (χ1n) is 23.9. The fraction of sp³-hybridized carbons (Fsp3) is 0.933. The molecule has 3 heterocycles. The van der Waals surface area contributed by atoms with Gasteiger partial charge in [-0.25, -0.2) is 0 Å². The molecule has 0 spiro atoms. The zero-order valence-electron chi connectivity index (χ0n) is 38.0. The van der Waals surface area contributed by atoms with Gasteiger partial charge in [-0.2, -0.15) is 0 Å². The Bertz CT molecular complexity index is 1250. The summed E-state index contributed by atoms with van der Waals surface area (Å²) in [6.07, 6.45) is -3.21. The van der Waals surface area contributed by atoms with E-state index in [1.807, 2.05) is 6.08 Å². The van der Waals surface area contributed by atoms with Gasteiger partial charge < -0.3 is 89.9 Å². The van der Waals surface area contributed by atoms with Crippen LogP contribution in [0.1, 0.15) is 136 Å². The molecule has 0 aromatic carbocycles. The lowest BCUT2D eigenvalue weighted by Gasteiger charge is -2.48. The maximum absolute atomic E-state index is 13.1. The zero-order chi connectivity index (χ0) is 47.0. The van der Waals surface area contributed by atoms with Crippen molar-refractivity contribution < 1.29 is 89.4 Å². The Kier molecular flexibility index (Phi) is 28.0. The minimum Gasteiger partial charge on any atom is -0.394 e. The molecule has 0 aromatic rings. The molecule has 3 saturated heterocycles. The fourth-order valence-corrected chi connectivity index (χ4v) is 8.25. The number of ether oxygens (including phenoxy) is 6. The molecular formula is C45H83NO18. The quantitative estimate of drug-likeness (QED) is 0.0319. The van der Waals surface area contributed by atoms with Crippen LogP contribution in [0, 0.1) is 0 Å². The van der Waals surface area contributed by atoms with Gasteiger partial charge in [0.05, 0.1) is 38.6 Å². The van der Waals surface area contributed by atoms with Gasteiger partial charge in [0.25, 0.3) is 0 Å². The van der Waals surface area contributed by atoms with Gasteiger partial charge in [-0.05, 0) is 19.3 Å². The van der Waals surface area contributed by atoms with E-state index >= 15 is 0 Å². The highest BCUT2D eigenvalue weighted by Crippen LogP contribution is 2.33. The second-order valence-corrected chi connectivity index (χ2v) is 17.6.